The fourth-order valence-electron chi connectivity index (χ4n) is 1.37. The molecule has 0 unspecified atom stereocenters. The zero-order valence-electron chi connectivity index (χ0n) is 8.25. The summed E-state index contributed by atoms with van der Waals surface area (Å²) in [5.74, 6) is 0. The zero-order chi connectivity index (χ0) is 10.8. The van der Waals surface area contributed by atoms with Gasteiger partial charge in [-0.1, -0.05) is 0 Å². The van der Waals surface area contributed by atoms with Crippen molar-refractivity contribution in [3.63, 3.8) is 0 Å². The highest BCUT2D eigenvalue weighted by atomic mass is 16.1. The molecule has 0 aliphatic rings. The van der Waals surface area contributed by atoms with Crippen molar-refractivity contribution in [2.45, 2.75) is 0 Å². The molecule has 2 rings (SSSR count). The molecule has 76 valence electrons. The number of rotatable bonds is 2. The number of benzene rings is 1. The van der Waals surface area contributed by atoms with E-state index < -0.39 is 0 Å². The van der Waals surface area contributed by atoms with Crippen LogP contribution >= 0.6 is 0 Å². The van der Waals surface area contributed by atoms with E-state index >= 15 is 0 Å². The molecule has 1 aromatic carbocycles. The fourth-order valence-corrected chi connectivity index (χ4v) is 1.37. The minimum absolute atomic E-state index is 0.103. The monoisotopic (exact) mass is 202 g/mol. The van der Waals surface area contributed by atoms with Crippen LogP contribution < -0.4 is 5.69 Å². The molecule has 0 spiro atoms. The summed E-state index contributed by atoms with van der Waals surface area (Å²) in [5.41, 5.74) is 1.25. The van der Waals surface area contributed by atoms with Crippen molar-refractivity contribution in [2.24, 2.45) is 7.05 Å². The van der Waals surface area contributed by atoms with Crippen LogP contribution in [0.3, 0.4) is 0 Å². The summed E-state index contributed by atoms with van der Waals surface area (Å²) in [6, 6.07) is 6.85. The molecule has 0 saturated heterocycles. The SMILES string of the molecule is Cn1ccn(-c2ccc(C=O)cc2)c1=O. The second-order valence-corrected chi connectivity index (χ2v) is 3.27. The topological polar surface area (TPSA) is 44.0 Å². The van der Waals surface area contributed by atoms with Crippen LogP contribution in [0.4, 0.5) is 0 Å². The second kappa shape index (κ2) is 3.57. The van der Waals surface area contributed by atoms with Crippen molar-refractivity contribution in [1.29, 1.82) is 0 Å². The van der Waals surface area contributed by atoms with Gasteiger partial charge in [0.1, 0.15) is 6.29 Å². The Kier molecular flexibility index (Phi) is 2.25. The summed E-state index contributed by atoms with van der Waals surface area (Å²) >= 11 is 0. The maximum Gasteiger partial charge on any atom is 0.332 e. The van der Waals surface area contributed by atoms with Gasteiger partial charge < -0.3 is 4.57 Å². The Labute approximate surface area is 86.4 Å². The van der Waals surface area contributed by atoms with Crippen molar-refractivity contribution < 1.29 is 4.79 Å². The first kappa shape index (κ1) is 9.45. The molecule has 1 heterocycles. The number of hydrogen-bond acceptors (Lipinski definition) is 2. The molecule has 1 aromatic heterocycles. The van der Waals surface area contributed by atoms with E-state index in [1.54, 1.807) is 43.7 Å². The highest BCUT2D eigenvalue weighted by molar-refractivity contribution is 5.75. The van der Waals surface area contributed by atoms with E-state index in [9.17, 15) is 9.59 Å². The number of hydrogen-bond donors (Lipinski definition) is 0. The Morgan fingerprint density at radius 3 is 2.27 bits per heavy atom. The molecule has 0 saturated carbocycles. The van der Waals surface area contributed by atoms with Crippen LogP contribution in [0.5, 0.6) is 0 Å². The van der Waals surface area contributed by atoms with E-state index in [0.717, 1.165) is 12.0 Å². The largest absolute Gasteiger partial charge is 0.332 e. The summed E-state index contributed by atoms with van der Waals surface area (Å²) in [6.07, 6.45) is 4.16. The van der Waals surface area contributed by atoms with Crippen LogP contribution in [-0.4, -0.2) is 15.4 Å². The fraction of sp³-hybridized carbons (Fsp3) is 0.0909. The van der Waals surface area contributed by atoms with Crippen molar-refractivity contribution in [1.82, 2.24) is 9.13 Å². The van der Waals surface area contributed by atoms with E-state index in [0.29, 0.717) is 5.56 Å². The van der Waals surface area contributed by atoms with Crippen LogP contribution in [-0.2, 0) is 7.05 Å². The highest BCUT2D eigenvalue weighted by Gasteiger charge is 2.01. The molecule has 0 aliphatic carbocycles. The Morgan fingerprint density at radius 1 is 1.13 bits per heavy atom. The highest BCUT2D eigenvalue weighted by Crippen LogP contribution is 2.06. The Bertz CT molecular complexity index is 534. The molecule has 0 atom stereocenters. The lowest BCUT2D eigenvalue weighted by atomic mass is 10.2. The maximum atomic E-state index is 11.6. The third kappa shape index (κ3) is 1.61. The van der Waals surface area contributed by atoms with Crippen LogP contribution in [0.2, 0.25) is 0 Å². The number of aldehydes is 1. The lowest BCUT2D eigenvalue weighted by Crippen LogP contribution is -2.20. The Hall–Kier alpha value is -2.10. The van der Waals surface area contributed by atoms with Crippen LogP contribution in [0, 0.1) is 0 Å². The molecule has 0 N–H and O–H groups in total. The van der Waals surface area contributed by atoms with E-state index in [4.69, 9.17) is 0 Å². The normalized spacial score (nSPS) is 10.2. The first-order valence-electron chi connectivity index (χ1n) is 4.52. The standard InChI is InChI=1S/C11H10N2O2/c1-12-6-7-13(11(12)15)10-4-2-9(8-14)3-5-10/h2-8H,1H3. The van der Waals surface area contributed by atoms with Gasteiger partial charge in [0.05, 0.1) is 5.69 Å². The van der Waals surface area contributed by atoms with E-state index in [-0.39, 0.29) is 5.69 Å². The number of nitrogens with zero attached hydrogens (tertiary/aromatic N) is 2. The molecule has 0 fully saturated rings. The third-order valence-electron chi connectivity index (χ3n) is 2.25. The predicted molar refractivity (Wildman–Crippen MR) is 56.4 cm³/mol. The van der Waals surface area contributed by atoms with E-state index in [1.807, 2.05) is 0 Å². The Morgan fingerprint density at radius 2 is 1.80 bits per heavy atom. The lowest BCUT2D eigenvalue weighted by Gasteiger charge is -2.00. The van der Waals surface area contributed by atoms with Gasteiger partial charge >= 0.3 is 5.69 Å². The number of aryl methyl sites for hydroxylation is 1. The minimum atomic E-state index is -0.103. The molecule has 0 amide bonds. The minimum Gasteiger partial charge on any atom is -0.302 e. The number of imidazole rings is 1. The summed E-state index contributed by atoms with van der Waals surface area (Å²) < 4.78 is 3.02. The molecular weight excluding hydrogens is 192 g/mol. The van der Waals surface area contributed by atoms with Gasteiger partial charge in [-0.3, -0.25) is 9.36 Å². The first-order chi connectivity index (χ1) is 7.22. The lowest BCUT2D eigenvalue weighted by molar-refractivity contribution is 0.112. The van der Waals surface area contributed by atoms with Crippen LogP contribution in [0.25, 0.3) is 5.69 Å². The zero-order valence-corrected chi connectivity index (χ0v) is 8.25. The van der Waals surface area contributed by atoms with Gasteiger partial charge in [0, 0.05) is 25.0 Å². The molecule has 4 heteroatoms. The summed E-state index contributed by atoms with van der Waals surface area (Å²) in [5, 5.41) is 0. The molecule has 0 radical (unpaired) electrons. The summed E-state index contributed by atoms with van der Waals surface area (Å²) in [6.45, 7) is 0. The second-order valence-electron chi connectivity index (χ2n) is 3.27. The molecule has 15 heavy (non-hydrogen) atoms. The van der Waals surface area contributed by atoms with Crippen LogP contribution in [0.1, 0.15) is 10.4 Å². The van der Waals surface area contributed by atoms with Crippen molar-refractivity contribution in [3.05, 3.63) is 52.7 Å². The van der Waals surface area contributed by atoms with Gasteiger partial charge in [-0.15, -0.1) is 0 Å². The molecule has 0 bridgehead atoms. The quantitative estimate of drug-likeness (QED) is 0.681. The Balaban J connectivity index is 2.50. The van der Waals surface area contributed by atoms with Gasteiger partial charge in [-0.25, -0.2) is 4.79 Å². The summed E-state index contributed by atoms with van der Waals surface area (Å²) in [7, 11) is 1.69. The smallest absolute Gasteiger partial charge is 0.302 e. The number of aromatic nitrogens is 2. The molecule has 4 nitrogen and oxygen atoms in total. The van der Waals surface area contributed by atoms with E-state index in [2.05, 4.69) is 0 Å². The van der Waals surface area contributed by atoms with Gasteiger partial charge in [0.25, 0.3) is 0 Å². The maximum absolute atomic E-state index is 11.6. The van der Waals surface area contributed by atoms with Crippen LogP contribution in [0.15, 0.2) is 41.5 Å². The van der Waals surface area contributed by atoms with Crippen molar-refractivity contribution >= 4 is 6.29 Å². The van der Waals surface area contributed by atoms with Gasteiger partial charge in [-0.05, 0) is 24.3 Å². The number of carbonyl (C=O) groups excluding carboxylic acids is 1. The third-order valence-corrected chi connectivity index (χ3v) is 2.25. The van der Waals surface area contributed by atoms with Crippen molar-refractivity contribution in [2.75, 3.05) is 0 Å². The molecular formula is C11H10N2O2. The summed E-state index contributed by atoms with van der Waals surface area (Å²) in [4.78, 5) is 22.0. The average molecular weight is 202 g/mol. The van der Waals surface area contributed by atoms with E-state index in [1.165, 1.54) is 9.13 Å². The van der Waals surface area contributed by atoms with Gasteiger partial charge in [-0.2, -0.15) is 0 Å². The average Bonchev–Trinajstić information content (AvgIpc) is 2.60. The molecule has 0 aliphatic heterocycles. The molecule has 2 aromatic rings. The predicted octanol–water partition coefficient (Wildman–Crippen LogP) is 0.988. The van der Waals surface area contributed by atoms with Gasteiger partial charge in [0.15, 0.2) is 0 Å². The van der Waals surface area contributed by atoms with Crippen molar-refractivity contribution in [3.8, 4) is 5.69 Å². The van der Waals surface area contributed by atoms with Gasteiger partial charge in [0.2, 0.25) is 0 Å². The first-order valence-corrected chi connectivity index (χ1v) is 4.52. The number of carbonyl (C=O) groups is 1.